The van der Waals surface area contributed by atoms with E-state index in [0.29, 0.717) is 6.42 Å². The molecule has 1 amide bonds. The molecule has 3 nitrogen and oxygen atoms in total. The number of carbonyl (C=O) groups excluding carboxylic acids is 1. The van der Waals surface area contributed by atoms with E-state index >= 15 is 0 Å². The first kappa shape index (κ1) is 20.3. The fraction of sp³-hybridized carbons (Fsp3) is 0.611. The van der Waals surface area contributed by atoms with E-state index in [1.165, 1.54) is 12.0 Å². The number of halogens is 2. The van der Waals surface area contributed by atoms with Crippen LogP contribution in [0, 0.1) is 0 Å². The molecule has 0 atom stereocenters. The zero-order valence-corrected chi connectivity index (χ0v) is 15.2. The standard InChI is InChI=1S/C18H27ClN2O.ClH/c19-16-9-7-15(8-10-16)18(11-5-12-18)14-21-17(22)6-3-1-2-4-13-20;/h7-10H,1-6,11-14,20H2,(H,21,22);1H. The predicted molar refractivity (Wildman–Crippen MR) is 99.4 cm³/mol. The summed E-state index contributed by atoms with van der Waals surface area (Å²) in [5, 5.41) is 3.90. The molecule has 0 heterocycles. The Morgan fingerprint density at radius 1 is 1.13 bits per heavy atom. The highest BCUT2D eigenvalue weighted by Crippen LogP contribution is 2.43. The van der Waals surface area contributed by atoms with Gasteiger partial charge in [0.1, 0.15) is 0 Å². The van der Waals surface area contributed by atoms with Gasteiger partial charge in [-0.2, -0.15) is 0 Å². The van der Waals surface area contributed by atoms with Crippen LogP contribution in [0.3, 0.4) is 0 Å². The van der Waals surface area contributed by atoms with Crippen molar-refractivity contribution < 1.29 is 4.79 Å². The number of hydrogen-bond acceptors (Lipinski definition) is 2. The molecule has 0 aromatic heterocycles. The fourth-order valence-electron chi connectivity index (χ4n) is 3.11. The molecule has 0 radical (unpaired) electrons. The van der Waals surface area contributed by atoms with E-state index in [1.54, 1.807) is 0 Å². The van der Waals surface area contributed by atoms with Gasteiger partial charge in [-0.25, -0.2) is 0 Å². The minimum atomic E-state index is 0. The Labute approximate surface area is 150 Å². The van der Waals surface area contributed by atoms with Crippen LogP contribution < -0.4 is 11.1 Å². The van der Waals surface area contributed by atoms with Gasteiger partial charge in [-0.05, 0) is 49.9 Å². The summed E-state index contributed by atoms with van der Waals surface area (Å²) in [5.74, 6) is 0.174. The maximum Gasteiger partial charge on any atom is 0.220 e. The van der Waals surface area contributed by atoms with Gasteiger partial charge in [0.25, 0.3) is 0 Å². The maximum atomic E-state index is 12.0. The summed E-state index contributed by atoms with van der Waals surface area (Å²) in [5.41, 5.74) is 6.89. The first-order chi connectivity index (χ1) is 10.7. The third-order valence-corrected chi connectivity index (χ3v) is 5.00. The second-order valence-electron chi connectivity index (χ2n) is 6.37. The molecule has 1 aromatic carbocycles. The molecule has 1 aliphatic carbocycles. The van der Waals surface area contributed by atoms with Gasteiger partial charge in [0.05, 0.1) is 0 Å². The molecule has 5 heteroatoms. The average Bonchev–Trinajstić information content (AvgIpc) is 2.47. The van der Waals surface area contributed by atoms with Crippen molar-refractivity contribution in [3.8, 4) is 0 Å². The van der Waals surface area contributed by atoms with Gasteiger partial charge < -0.3 is 11.1 Å². The van der Waals surface area contributed by atoms with Gasteiger partial charge in [-0.1, -0.05) is 43.0 Å². The van der Waals surface area contributed by atoms with Gasteiger partial charge >= 0.3 is 0 Å². The number of rotatable bonds is 9. The normalized spacial score (nSPS) is 15.4. The topological polar surface area (TPSA) is 55.1 Å². The number of carbonyl (C=O) groups is 1. The molecule has 0 bridgehead atoms. The van der Waals surface area contributed by atoms with Crippen molar-refractivity contribution >= 4 is 29.9 Å². The quantitative estimate of drug-likeness (QED) is 0.649. The molecule has 3 N–H and O–H groups in total. The summed E-state index contributed by atoms with van der Waals surface area (Å²) in [6.45, 7) is 1.49. The van der Waals surface area contributed by atoms with Crippen molar-refractivity contribution in [2.45, 2.75) is 56.8 Å². The molecule has 2 rings (SSSR count). The lowest BCUT2D eigenvalue weighted by atomic mass is 9.64. The van der Waals surface area contributed by atoms with E-state index in [-0.39, 0.29) is 23.7 Å². The van der Waals surface area contributed by atoms with Gasteiger partial charge in [0.15, 0.2) is 0 Å². The number of unbranched alkanes of at least 4 members (excludes halogenated alkanes) is 3. The molecular formula is C18H28Cl2N2O. The van der Waals surface area contributed by atoms with Gasteiger partial charge in [0, 0.05) is 23.4 Å². The van der Waals surface area contributed by atoms with Crippen molar-refractivity contribution in [3.63, 3.8) is 0 Å². The highest BCUT2D eigenvalue weighted by Gasteiger charge is 2.38. The Morgan fingerprint density at radius 3 is 2.35 bits per heavy atom. The lowest BCUT2D eigenvalue weighted by molar-refractivity contribution is -0.121. The largest absolute Gasteiger partial charge is 0.355 e. The van der Waals surface area contributed by atoms with E-state index in [1.807, 2.05) is 12.1 Å². The number of nitrogens with two attached hydrogens (primary N) is 1. The van der Waals surface area contributed by atoms with Gasteiger partial charge in [-0.15, -0.1) is 12.4 Å². The van der Waals surface area contributed by atoms with Crippen molar-refractivity contribution in [3.05, 3.63) is 34.9 Å². The Balaban J connectivity index is 0.00000264. The predicted octanol–water partition coefficient (Wildman–Crippen LogP) is 4.21. The number of nitrogens with one attached hydrogen (secondary N) is 1. The van der Waals surface area contributed by atoms with Crippen molar-refractivity contribution in [2.75, 3.05) is 13.1 Å². The molecule has 1 aromatic rings. The summed E-state index contributed by atoms with van der Waals surface area (Å²) < 4.78 is 0. The zero-order valence-electron chi connectivity index (χ0n) is 13.7. The van der Waals surface area contributed by atoms with E-state index in [2.05, 4.69) is 17.4 Å². The molecule has 0 saturated heterocycles. The maximum absolute atomic E-state index is 12.0. The van der Waals surface area contributed by atoms with Crippen LogP contribution in [0.15, 0.2) is 24.3 Å². The summed E-state index contributed by atoms with van der Waals surface area (Å²) in [4.78, 5) is 12.0. The van der Waals surface area contributed by atoms with Gasteiger partial charge in [-0.3, -0.25) is 4.79 Å². The molecular weight excluding hydrogens is 331 g/mol. The molecule has 0 aliphatic heterocycles. The minimum Gasteiger partial charge on any atom is -0.355 e. The monoisotopic (exact) mass is 358 g/mol. The Kier molecular flexibility index (Phi) is 8.96. The lowest BCUT2D eigenvalue weighted by Gasteiger charge is -2.42. The molecule has 0 spiro atoms. The second-order valence-corrected chi connectivity index (χ2v) is 6.81. The summed E-state index contributed by atoms with van der Waals surface area (Å²) in [6, 6.07) is 8.08. The molecule has 130 valence electrons. The first-order valence-electron chi connectivity index (χ1n) is 8.39. The van der Waals surface area contributed by atoms with Crippen molar-refractivity contribution in [1.29, 1.82) is 0 Å². The summed E-state index contributed by atoms with van der Waals surface area (Å²) in [7, 11) is 0. The van der Waals surface area contributed by atoms with Crippen LogP contribution in [-0.4, -0.2) is 19.0 Å². The number of hydrogen-bond donors (Lipinski definition) is 2. The third-order valence-electron chi connectivity index (χ3n) is 4.75. The number of benzene rings is 1. The molecule has 1 saturated carbocycles. The van der Waals surface area contributed by atoms with Crippen LogP contribution in [0.25, 0.3) is 0 Å². The van der Waals surface area contributed by atoms with Gasteiger partial charge in [0.2, 0.25) is 5.91 Å². The van der Waals surface area contributed by atoms with E-state index in [4.69, 9.17) is 17.3 Å². The smallest absolute Gasteiger partial charge is 0.220 e. The minimum absolute atomic E-state index is 0. The van der Waals surface area contributed by atoms with E-state index < -0.39 is 0 Å². The summed E-state index contributed by atoms with van der Waals surface area (Å²) in [6.07, 6.45) is 8.38. The van der Waals surface area contributed by atoms with Crippen LogP contribution in [0.5, 0.6) is 0 Å². The summed E-state index contributed by atoms with van der Waals surface area (Å²) >= 11 is 5.97. The number of amides is 1. The molecule has 1 fully saturated rings. The lowest BCUT2D eigenvalue weighted by Crippen LogP contribution is -2.45. The third kappa shape index (κ3) is 5.98. The SMILES string of the molecule is Cl.NCCCCCCC(=O)NCC1(c2ccc(Cl)cc2)CCC1. The molecule has 0 unspecified atom stereocenters. The second kappa shape index (κ2) is 10.2. The molecule has 1 aliphatic rings. The van der Waals surface area contributed by atoms with Crippen LogP contribution >= 0.6 is 24.0 Å². The fourth-order valence-corrected chi connectivity index (χ4v) is 3.24. The zero-order chi connectivity index (χ0) is 15.8. The Hall–Kier alpha value is -0.770. The van der Waals surface area contributed by atoms with Crippen LogP contribution in [-0.2, 0) is 10.2 Å². The first-order valence-corrected chi connectivity index (χ1v) is 8.77. The average molecular weight is 359 g/mol. The van der Waals surface area contributed by atoms with Crippen LogP contribution in [0.2, 0.25) is 5.02 Å². The highest BCUT2D eigenvalue weighted by molar-refractivity contribution is 6.30. The van der Waals surface area contributed by atoms with E-state index in [0.717, 1.165) is 56.6 Å². The van der Waals surface area contributed by atoms with Crippen molar-refractivity contribution in [2.24, 2.45) is 5.73 Å². The molecule has 23 heavy (non-hydrogen) atoms. The Bertz CT molecular complexity index is 472. The van der Waals surface area contributed by atoms with Crippen molar-refractivity contribution in [1.82, 2.24) is 5.32 Å². The van der Waals surface area contributed by atoms with Crippen LogP contribution in [0.1, 0.15) is 56.9 Å². The highest BCUT2D eigenvalue weighted by atomic mass is 35.5. The Morgan fingerprint density at radius 2 is 1.78 bits per heavy atom. The van der Waals surface area contributed by atoms with E-state index in [9.17, 15) is 4.79 Å². The van der Waals surface area contributed by atoms with Crippen LogP contribution in [0.4, 0.5) is 0 Å².